The molecule has 0 bridgehead atoms. The summed E-state index contributed by atoms with van der Waals surface area (Å²) in [6.07, 6.45) is 0. The number of nitrogens with zero attached hydrogens (tertiary/aromatic N) is 2. The molecule has 0 rings (SSSR count). The summed E-state index contributed by atoms with van der Waals surface area (Å²) in [5.74, 6) is 0. The van der Waals surface area contributed by atoms with Gasteiger partial charge in [-0.05, 0) is 0 Å². The van der Waals surface area contributed by atoms with Crippen LogP contribution in [0.5, 0.6) is 0 Å². The molecule has 0 aliphatic carbocycles. The molecule has 106 valence electrons. The van der Waals surface area contributed by atoms with Gasteiger partial charge >= 0.3 is 35.4 Å². The average molecular weight is 348 g/mol. The second kappa shape index (κ2) is 16.3. The molecule has 0 heterocycles. The van der Waals surface area contributed by atoms with E-state index < -0.39 is 43.9 Å². The van der Waals surface area contributed by atoms with Crippen LogP contribution in [-0.2, 0) is 52.6 Å². The van der Waals surface area contributed by atoms with Crippen LogP contribution in [-0.4, -0.2) is 42.8 Å². The maximum atomic E-state index is 9.37. The lowest BCUT2D eigenvalue weighted by Gasteiger charge is -2.07. The molecule has 18 heavy (non-hydrogen) atoms. The summed E-state index contributed by atoms with van der Waals surface area (Å²) < 4.78 is 94.6. The third kappa shape index (κ3) is 78.8. The van der Waals surface area contributed by atoms with Gasteiger partial charge in [-0.15, -0.1) is 8.67 Å². The lowest BCUT2D eigenvalue weighted by Crippen LogP contribution is -2.10. The van der Waals surface area contributed by atoms with E-state index >= 15 is 0 Å². The van der Waals surface area contributed by atoms with Gasteiger partial charge in [-0.2, -0.15) is 16.8 Å². The van der Waals surface area contributed by atoms with Crippen molar-refractivity contribution in [1.82, 2.24) is 12.3 Å². The predicted molar refractivity (Wildman–Crippen MR) is 43.7 cm³/mol. The first kappa shape index (κ1) is 30.4. The minimum Gasteiger partial charge on any atom is -0.724 e. The fourth-order valence-corrected chi connectivity index (χ4v) is 0.612. The van der Waals surface area contributed by atoms with Crippen LogP contribution in [0.15, 0.2) is 0 Å². The Balaban J connectivity index is -0.0000000603. The van der Waals surface area contributed by atoms with Gasteiger partial charge in [0, 0.05) is 0 Å². The third-order valence-corrected chi connectivity index (χ3v) is 0.750. The Labute approximate surface area is 108 Å². The van der Waals surface area contributed by atoms with Crippen molar-refractivity contribution in [3.05, 3.63) is 0 Å². The van der Waals surface area contributed by atoms with E-state index in [1.165, 1.54) is 0 Å². The van der Waals surface area contributed by atoms with Crippen molar-refractivity contribution in [2.75, 3.05) is 0 Å². The van der Waals surface area contributed by atoms with E-state index in [4.69, 9.17) is 16.8 Å². The van der Waals surface area contributed by atoms with Gasteiger partial charge in [0.2, 0.25) is 20.8 Å². The zero-order valence-corrected chi connectivity index (χ0v) is 10.7. The second-order valence-electron chi connectivity index (χ2n) is 1.09. The average Bonchev–Trinajstić information content (AvgIpc) is 2.01. The molecule has 0 atom stereocenters. The Morgan fingerprint density at radius 1 is 0.667 bits per heavy atom. The van der Waals surface area contributed by atoms with E-state index in [2.05, 4.69) is 8.67 Å². The first-order chi connectivity index (χ1) is 7.04. The highest BCUT2D eigenvalue weighted by atomic mass is 32.3. The molecule has 0 saturated carbocycles. The summed E-state index contributed by atoms with van der Waals surface area (Å²) >= 11 is -1.50. The molecule has 0 aromatic carbocycles. The first-order valence-electron chi connectivity index (χ1n) is 2.17. The van der Waals surface area contributed by atoms with Crippen LogP contribution < -0.4 is 12.3 Å². The molecule has 0 spiro atoms. The molecule has 0 aliphatic rings. The van der Waals surface area contributed by atoms with Gasteiger partial charge in [0.1, 0.15) is 0 Å². The van der Waals surface area contributed by atoms with Gasteiger partial charge in [0.25, 0.3) is 0 Å². The number of hydrogen-bond donors (Lipinski definition) is 0. The van der Waals surface area contributed by atoms with Gasteiger partial charge in [0.05, 0.1) is 0 Å². The Morgan fingerprint density at radius 3 is 0.833 bits per heavy atom. The Hall–Kier alpha value is -0.700. The van der Waals surface area contributed by atoms with E-state index in [1.54, 1.807) is 0 Å². The maximum absolute atomic E-state index is 9.37. The zero-order chi connectivity index (χ0) is 13.8. The largest absolute Gasteiger partial charge is 1.00 e. The van der Waals surface area contributed by atoms with E-state index in [1.807, 2.05) is 0 Å². The highest BCUT2D eigenvalue weighted by Crippen LogP contribution is 1.92. The lowest BCUT2D eigenvalue weighted by molar-refractivity contribution is -0.107. The summed E-state index contributed by atoms with van der Waals surface area (Å²) in [7, 11) is -10.6. The van der Waals surface area contributed by atoms with E-state index in [9.17, 15) is 25.9 Å². The molecule has 14 nitrogen and oxygen atoms in total. The van der Waals surface area contributed by atoms with Crippen LogP contribution in [0.1, 0.15) is 0 Å². The fraction of sp³-hybridized carbons (Fsp3) is 0. The minimum atomic E-state index is -5.31. The molecule has 0 aromatic rings. The number of rotatable bonds is 3. The van der Waals surface area contributed by atoms with E-state index in [-0.39, 0.29) is 12.3 Å². The molecule has 0 aromatic heterocycles. The van der Waals surface area contributed by atoms with Crippen molar-refractivity contribution >= 4 is 43.9 Å². The third-order valence-electron chi connectivity index (χ3n) is 0.194. The minimum absolute atomic E-state index is 0. The smallest absolute Gasteiger partial charge is 0.724 e. The van der Waals surface area contributed by atoms with Gasteiger partial charge in [-0.1, -0.05) is 0 Å². The normalized spacial score (nSPS) is 8.78. The second-order valence-corrected chi connectivity index (χ2v) is 3.27. The maximum Gasteiger partial charge on any atom is 1.00 e. The fourth-order valence-electron chi connectivity index (χ4n) is 0.0680. The van der Waals surface area contributed by atoms with Crippen molar-refractivity contribution < 1.29 is 51.4 Å². The van der Waals surface area contributed by atoms with Gasteiger partial charge in [-0.25, -0.2) is 16.8 Å². The summed E-state index contributed by atoms with van der Waals surface area (Å²) in [6.45, 7) is 0. The molecule has 18 heteroatoms. The topological polar surface area (TPSA) is 262 Å². The lowest BCUT2D eigenvalue weighted by atomic mass is 14.0. The summed E-state index contributed by atoms with van der Waals surface area (Å²) in [5.41, 5.74) is 0. The van der Waals surface area contributed by atoms with E-state index in [0.29, 0.717) is 0 Å². The molecule has 0 unspecified atom stereocenters. The monoisotopic (exact) mass is 348 g/mol. The summed E-state index contributed by atoms with van der Waals surface area (Å²) in [6, 6.07) is 0. The predicted octanol–water partition coefficient (Wildman–Crippen LogP) is -4.45. The standard InChI is InChI=1S/2N.H2O8S2.2O2S/c;;1-9(2,3)7-8-10(4,5)6;2*1-3-2/h;;(H,1,2,3)(H,4,5,6);;/q2*+1;;;/p-2. The van der Waals surface area contributed by atoms with Gasteiger partial charge in [-0.3, -0.25) is 0 Å². The van der Waals surface area contributed by atoms with E-state index in [0.717, 1.165) is 0 Å². The van der Waals surface area contributed by atoms with Crippen molar-refractivity contribution in [1.29, 1.82) is 0 Å². The van der Waals surface area contributed by atoms with Crippen molar-refractivity contribution in [2.45, 2.75) is 0 Å². The molecule has 0 saturated heterocycles. The molecule has 0 fully saturated rings. The van der Waals surface area contributed by atoms with Gasteiger partial charge < -0.3 is 9.11 Å². The summed E-state index contributed by atoms with van der Waals surface area (Å²) in [5, 5.41) is 0. The Kier molecular flexibility index (Phi) is 27.5. The Morgan fingerprint density at radius 2 is 0.778 bits per heavy atom. The number of hydrogen-bond acceptors (Lipinski definition) is 12. The van der Waals surface area contributed by atoms with Crippen LogP contribution in [0.3, 0.4) is 0 Å². The van der Waals surface area contributed by atoms with Crippen LogP contribution >= 0.6 is 0 Å². The molecule has 0 amide bonds. The van der Waals surface area contributed by atoms with Crippen molar-refractivity contribution in [2.24, 2.45) is 0 Å². The zero-order valence-electron chi connectivity index (χ0n) is 7.43. The van der Waals surface area contributed by atoms with Crippen LogP contribution in [0.25, 0.3) is 0 Å². The van der Waals surface area contributed by atoms with Crippen molar-refractivity contribution in [3.63, 3.8) is 0 Å². The molecular weight excluding hydrogens is 348 g/mol. The highest BCUT2D eigenvalue weighted by Gasteiger charge is 1.99. The first-order valence-corrected chi connectivity index (χ1v) is 6.17. The highest BCUT2D eigenvalue weighted by molar-refractivity contribution is 7.83. The van der Waals surface area contributed by atoms with Crippen molar-refractivity contribution in [3.8, 4) is 0 Å². The molecular formula is N2O12S4. The summed E-state index contributed by atoms with van der Waals surface area (Å²) in [4.78, 5) is 0. The quantitative estimate of drug-likeness (QED) is 0.202. The van der Waals surface area contributed by atoms with Crippen LogP contribution in [0.2, 0.25) is 0 Å². The van der Waals surface area contributed by atoms with Gasteiger partial charge in [0.15, 0.2) is 0 Å². The molecule has 8 radical (unpaired) electrons. The van der Waals surface area contributed by atoms with Crippen LogP contribution in [0.4, 0.5) is 0 Å². The Bertz CT molecular complexity index is 386. The van der Waals surface area contributed by atoms with Crippen LogP contribution in [0, 0.1) is 0 Å². The molecule has 0 aliphatic heterocycles. The SMILES string of the molecule is O=S(=O)([O-])OOS(=O)(=O)[O-].O=S=O.O=S=O.[N+].[N+]. The molecule has 0 N–H and O–H groups in total.